The molecule has 0 heterocycles. The topological polar surface area (TPSA) is 37.4 Å². The molecule has 0 bridgehead atoms. The molecule has 0 fully saturated rings. The maximum atomic E-state index is 12.3. The Hall–Kier alpha value is -0.870. The molecule has 0 aromatic heterocycles. The van der Waals surface area contributed by atoms with Crippen molar-refractivity contribution in [3.05, 3.63) is 35.4 Å². The highest BCUT2D eigenvalue weighted by atomic mass is 32.2. The Morgan fingerprint density at radius 2 is 1.72 bits per heavy atom. The monoisotopic (exact) mass is 269 g/mol. The van der Waals surface area contributed by atoms with Gasteiger partial charge in [-0.05, 0) is 25.3 Å². The predicted molar refractivity (Wildman–Crippen MR) is 76.0 cm³/mol. The Kier molecular flexibility index (Phi) is 5.82. The minimum absolute atomic E-state index is 0.106. The lowest BCUT2D eigenvalue weighted by molar-refractivity contribution is 0.409. The quantitative estimate of drug-likeness (QED) is 0.763. The van der Waals surface area contributed by atoms with Gasteiger partial charge in [0.2, 0.25) is 10.0 Å². The average molecular weight is 269 g/mol. The van der Waals surface area contributed by atoms with Crippen LogP contribution in [-0.2, 0) is 15.8 Å². The van der Waals surface area contributed by atoms with Gasteiger partial charge < -0.3 is 0 Å². The van der Waals surface area contributed by atoms with Crippen molar-refractivity contribution in [1.29, 1.82) is 0 Å². The molecule has 3 nitrogen and oxygen atoms in total. The second-order valence-electron chi connectivity index (χ2n) is 4.64. The van der Waals surface area contributed by atoms with Crippen LogP contribution in [0.3, 0.4) is 0 Å². The van der Waals surface area contributed by atoms with E-state index < -0.39 is 10.0 Å². The standard InChI is InChI=1S/C14H23NO2S/c1-4-9-15(10-5-2)18(16,17)12-14-8-6-7-13(3)11-14/h6-8,11H,4-5,9-10,12H2,1-3H3. The number of nitrogens with zero attached hydrogens (tertiary/aromatic N) is 1. The van der Waals surface area contributed by atoms with Crippen LogP contribution in [0.4, 0.5) is 0 Å². The van der Waals surface area contributed by atoms with Crippen LogP contribution in [0.25, 0.3) is 0 Å². The molecule has 0 radical (unpaired) electrons. The minimum Gasteiger partial charge on any atom is -0.212 e. The van der Waals surface area contributed by atoms with Gasteiger partial charge in [0, 0.05) is 13.1 Å². The van der Waals surface area contributed by atoms with E-state index >= 15 is 0 Å². The summed E-state index contributed by atoms with van der Waals surface area (Å²) in [6, 6.07) is 7.70. The molecule has 0 aliphatic rings. The first-order chi connectivity index (χ1) is 8.49. The summed E-state index contributed by atoms with van der Waals surface area (Å²) < 4.78 is 26.2. The molecule has 1 aromatic rings. The van der Waals surface area contributed by atoms with E-state index in [0.717, 1.165) is 24.0 Å². The molecule has 102 valence electrons. The molecule has 0 saturated carbocycles. The fourth-order valence-corrected chi connectivity index (χ4v) is 3.70. The highest BCUT2D eigenvalue weighted by Gasteiger charge is 2.20. The van der Waals surface area contributed by atoms with Crippen molar-refractivity contribution in [1.82, 2.24) is 4.31 Å². The van der Waals surface area contributed by atoms with Gasteiger partial charge in [0.15, 0.2) is 0 Å². The van der Waals surface area contributed by atoms with E-state index in [9.17, 15) is 8.42 Å². The van der Waals surface area contributed by atoms with Crippen LogP contribution in [0, 0.1) is 6.92 Å². The Morgan fingerprint density at radius 3 is 2.22 bits per heavy atom. The maximum Gasteiger partial charge on any atom is 0.218 e. The lowest BCUT2D eigenvalue weighted by Gasteiger charge is -2.21. The summed E-state index contributed by atoms with van der Waals surface area (Å²) in [5.41, 5.74) is 1.97. The molecule has 4 heteroatoms. The number of rotatable bonds is 7. The van der Waals surface area contributed by atoms with Gasteiger partial charge in [0.1, 0.15) is 0 Å². The highest BCUT2D eigenvalue weighted by Crippen LogP contribution is 2.13. The predicted octanol–water partition coefficient (Wildman–Crippen LogP) is 2.95. The first-order valence-corrected chi connectivity index (χ1v) is 8.14. The van der Waals surface area contributed by atoms with Crippen LogP contribution in [0.2, 0.25) is 0 Å². The zero-order chi connectivity index (χ0) is 13.6. The third kappa shape index (κ3) is 4.42. The van der Waals surface area contributed by atoms with Crippen LogP contribution < -0.4 is 0 Å². The van der Waals surface area contributed by atoms with Crippen molar-refractivity contribution < 1.29 is 8.42 Å². The van der Waals surface area contributed by atoms with Crippen LogP contribution in [0.5, 0.6) is 0 Å². The van der Waals surface area contributed by atoms with Crippen LogP contribution >= 0.6 is 0 Å². The van der Waals surface area contributed by atoms with Gasteiger partial charge in [0.25, 0.3) is 0 Å². The molecule has 1 rings (SSSR count). The normalized spacial score (nSPS) is 12.0. The van der Waals surface area contributed by atoms with Crippen molar-refractivity contribution in [2.24, 2.45) is 0 Å². The molecule has 0 saturated heterocycles. The Balaban J connectivity index is 2.85. The molecule has 0 spiro atoms. The molecular weight excluding hydrogens is 246 g/mol. The number of hydrogen-bond acceptors (Lipinski definition) is 2. The molecule has 0 unspecified atom stereocenters. The Labute approximate surface area is 111 Å². The van der Waals surface area contributed by atoms with Gasteiger partial charge in [-0.3, -0.25) is 0 Å². The number of hydrogen-bond donors (Lipinski definition) is 0. The number of aryl methyl sites for hydroxylation is 1. The summed E-state index contributed by atoms with van der Waals surface area (Å²) in [5.74, 6) is 0.106. The van der Waals surface area contributed by atoms with Crippen LogP contribution in [0.15, 0.2) is 24.3 Å². The summed E-state index contributed by atoms with van der Waals surface area (Å²) in [7, 11) is -3.18. The van der Waals surface area contributed by atoms with E-state index in [2.05, 4.69) is 0 Å². The smallest absolute Gasteiger partial charge is 0.212 e. The largest absolute Gasteiger partial charge is 0.218 e. The lowest BCUT2D eigenvalue weighted by Crippen LogP contribution is -2.33. The molecule has 1 aromatic carbocycles. The summed E-state index contributed by atoms with van der Waals surface area (Å²) in [6.45, 7) is 7.21. The van der Waals surface area contributed by atoms with Gasteiger partial charge in [-0.1, -0.05) is 43.7 Å². The molecule has 0 aliphatic heterocycles. The van der Waals surface area contributed by atoms with Gasteiger partial charge in [0.05, 0.1) is 5.75 Å². The lowest BCUT2D eigenvalue weighted by atomic mass is 10.2. The first kappa shape index (κ1) is 15.2. The molecule has 0 N–H and O–H groups in total. The summed E-state index contributed by atoms with van der Waals surface area (Å²) in [4.78, 5) is 0. The molecule has 0 amide bonds. The molecule has 0 aliphatic carbocycles. The minimum atomic E-state index is -3.18. The zero-order valence-electron chi connectivity index (χ0n) is 11.5. The number of sulfonamides is 1. The van der Waals surface area contributed by atoms with E-state index in [4.69, 9.17) is 0 Å². The van der Waals surface area contributed by atoms with E-state index in [1.165, 1.54) is 0 Å². The third-order valence-corrected chi connectivity index (χ3v) is 4.62. The Morgan fingerprint density at radius 1 is 1.11 bits per heavy atom. The second kappa shape index (κ2) is 6.90. The van der Waals surface area contributed by atoms with Crippen molar-refractivity contribution in [2.45, 2.75) is 39.4 Å². The van der Waals surface area contributed by atoms with Crippen molar-refractivity contribution in [3.8, 4) is 0 Å². The van der Waals surface area contributed by atoms with Gasteiger partial charge in [-0.15, -0.1) is 0 Å². The summed E-state index contributed by atoms with van der Waals surface area (Å²) in [5, 5.41) is 0. The summed E-state index contributed by atoms with van der Waals surface area (Å²) >= 11 is 0. The van der Waals surface area contributed by atoms with E-state index in [1.54, 1.807) is 4.31 Å². The highest BCUT2D eigenvalue weighted by molar-refractivity contribution is 7.88. The Bertz CT molecular complexity index is 462. The SMILES string of the molecule is CCCN(CCC)S(=O)(=O)Cc1cccc(C)c1. The van der Waals surface area contributed by atoms with Crippen molar-refractivity contribution in [3.63, 3.8) is 0 Å². The van der Waals surface area contributed by atoms with Gasteiger partial charge in [-0.25, -0.2) is 12.7 Å². The fourth-order valence-electron chi connectivity index (χ4n) is 1.99. The second-order valence-corrected chi connectivity index (χ2v) is 6.61. The number of benzene rings is 1. The molecular formula is C14H23NO2S. The summed E-state index contributed by atoms with van der Waals surface area (Å²) in [6.07, 6.45) is 1.71. The van der Waals surface area contributed by atoms with Crippen molar-refractivity contribution >= 4 is 10.0 Å². The third-order valence-electron chi connectivity index (χ3n) is 2.77. The first-order valence-electron chi connectivity index (χ1n) is 6.53. The average Bonchev–Trinajstić information content (AvgIpc) is 2.28. The van der Waals surface area contributed by atoms with Crippen molar-refractivity contribution in [2.75, 3.05) is 13.1 Å². The van der Waals surface area contributed by atoms with Crippen LogP contribution in [0.1, 0.15) is 37.8 Å². The van der Waals surface area contributed by atoms with Gasteiger partial charge >= 0.3 is 0 Å². The van der Waals surface area contributed by atoms with E-state index in [1.807, 2.05) is 45.0 Å². The van der Waals surface area contributed by atoms with Crippen LogP contribution in [-0.4, -0.2) is 25.8 Å². The van der Waals surface area contributed by atoms with E-state index in [-0.39, 0.29) is 5.75 Å². The molecule has 18 heavy (non-hydrogen) atoms. The van der Waals surface area contributed by atoms with E-state index in [0.29, 0.717) is 13.1 Å². The fraction of sp³-hybridized carbons (Fsp3) is 0.571. The maximum absolute atomic E-state index is 12.3. The molecule has 0 atom stereocenters. The van der Waals surface area contributed by atoms with Gasteiger partial charge in [-0.2, -0.15) is 0 Å². The zero-order valence-corrected chi connectivity index (χ0v) is 12.3.